The van der Waals surface area contributed by atoms with Gasteiger partial charge >= 0.3 is 0 Å². The molecule has 0 bridgehead atoms. The first-order chi connectivity index (χ1) is 8.34. The van der Waals surface area contributed by atoms with Gasteiger partial charge in [-0.2, -0.15) is 5.10 Å². The minimum atomic E-state index is 0.339. The summed E-state index contributed by atoms with van der Waals surface area (Å²) in [5.74, 6) is 0. The number of benzene rings is 1. The van der Waals surface area contributed by atoms with Gasteiger partial charge in [0.15, 0.2) is 0 Å². The van der Waals surface area contributed by atoms with Gasteiger partial charge in [-0.1, -0.05) is 18.2 Å². The minimum absolute atomic E-state index is 0.339. The highest BCUT2D eigenvalue weighted by molar-refractivity contribution is 5.81. The van der Waals surface area contributed by atoms with Gasteiger partial charge in [0.25, 0.3) is 0 Å². The molecule has 0 aliphatic carbocycles. The Labute approximate surface area is 101 Å². The van der Waals surface area contributed by atoms with Crippen LogP contribution >= 0.6 is 0 Å². The van der Waals surface area contributed by atoms with E-state index in [0.717, 1.165) is 25.3 Å². The summed E-state index contributed by atoms with van der Waals surface area (Å²) in [6.45, 7) is 3.86. The second kappa shape index (κ2) is 4.49. The molecule has 2 aromatic rings. The van der Waals surface area contributed by atoms with Gasteiger partial charge in [-0.15, -0.1) is 0 Å². The van der Waals surface area contributed by atoms with Crippen LogP contribution in [0.2, 0.25) is 0 Å². The third-order valence-corrected chi connectivity index (χ3v) is 3.49. The van der Waals surface area contributed by atoms with E-state index in [0.29, 0.717) is 6.10 Å². The molecule has 3 nitrogen and oxygen atoms in total. The standard InChI is InChI=1S/C14H18N2O/c1-11-13-7-2-3-8-14(13)16(15-11)10-12-6-4-5-9-17-12/h2-3,7-8,12H,4-6,9-10H2,1H3. The molecule has 1 fully saturated rings. The van der Waals surface area contributed by atoms with E-state index in [2.05, 4.69) is 41.0 Å². The summed E-state index contributed by atoms with van der Waals surface area (Å²) in [7, 11) is 0. The average Bonchev–Trinajstić information content (AvgIpc) is 2.69. The summed E-state index contributed by atoms with van der Waals surface area (Å²) in [4.78, 5) is 0. The van der Waals surface area contributed by atoms with Crippen molar-refractivity contribution < 1.29 is 4.74 Å². The average molecular weight is 230 g/mol. The number of rotatable bonds is 2. The molecule has 0 saturated carbocycles. The van der Waals surface area contributed by atoms with Crippen molar-refractivity contribution in [2.45, 2.75) is 38.8 Å². The van der Waals surface area contributed by atoms with Crippen LogP contribution in [0.1, 0.15) is 25.0 Å². The van der Waals surface area contributed by atoms with E-state index in [9.17, 15) is 0 Å². The van der Waals surface area contributed by atoms with E-state index in [1.165, 1.54) is 23.7 Å². The summed E-state index contributed by atoms with van der Waals surface area (Å²) in [6, 6.07) is 8.41. The Bertz CT molecular complexity index is 512. The number of hydrogen-bond donors (Lipinski definition) is 0. The van der Waals surface area contributed by atoms with E-state index in [1.54, 1.807) is 0 Å². The zero-order valence-electron chi connectivity index (χ0n) is 10.2. The molecular formula is C14H18N2O. The van der Waals surface area contributed by atoms with E-state index in [1.807, 2.05) is 0 Å². The Morgan fingerprint density at radius 1 is 1.35 bits per heavy atom. The normalized spacial score (nSPS) is 20.9. The maximum Gasteiger partial charge on any atom is 0.0771 e. The molecule has 1 unspecified atom stereocenters. The van der Waals surface area contributed by atoms with Crippen molar-refractivity contribution >= 4 is 10.9 Å². The number of hydrogen-bond acceptors (Lipinski definition) is 2. The molecule has 0 spiro atoms. The molecular weight excluding hydrogens is 212 g/mol. The van der Waals surface area contributed by atoms with E-state index in [4.69, 9.17) is 4.74 Å². The molecule has 1 atom stereocenters. The maximum atomic E-state index is 5.78. The minimum Gasteiger partial charge on any atom is -0.376 e. The van der Waals surface area contributed by atoms with Gasteiger partial charge < -0.3 is 4.74 Å². The van der Waals surface area contributed by atoms with Crippen LogP contribution in [0.5, 0.6) is 0 Å². The van der Waals surface area contributed by atoms with Crippen LogP contribution in [0, 0.1) is 6.92 Å². The van der Waals surface area contributed by atoms with Gasteiger partial charge in [-0.05, 0) is 32.3 Å². The highest BCUT2D eigenvalue weighted by atomic mass is 16.5. The second-order valence-electron chi connectivity index (χ2n) is 4.77. The Morgan fingerprint density at radius 2 is 2.24 bits per heavy atom. The van der Waals surface area contributed by atoms with E-state index in [-0.39, 0.29) is 0 Å². The third-order valence-electron chi connectivity index (χ3n) is 3.49. The van der Waals surface area contributed by atoms with Crippen LogP contribution in [0.3, 0.4) is 0 Å². The first-order valence-corrected chi connectivity index (χ1v) is 6.38. The Hall–Kier alpha value is -1.35. The fraction of sp³-hybridized carbons (Fsp3) is 0.500. The van der Waals surface area contributed by atoms with Crippen LogP contribution in [-0.4, -0.2) is 22.5 Å². The maximum absolute atomic E-state index is 5.78. The van der Waals surface area contributed by atoms with Crippen LogP contribution in [0.15, 0.2) is 24.3 Å². The van der Waals surface area contributed by atoms with Crippen LogP contribution in [0.4, 0.5) is 0 Å². The van der Waals surface area contributed by atoms with Gasteiger partial charge in [0.05, 0.1) is 23.9 Å². The van der Waals surface area contributed by atoms with Gasteiger partial charge in [0, 0.05) is 12.0 Å². The number of fused-ring (bicyclic) bond motifs is 1. The topological polar surface area (TPSA) is 27.1 Å². The zero-order valence-corrected chi connectivity index (χ0v) is 10.2. The van der Waals surface area contributed by atoms with Crippen molar-refractivity contribution in [3.63, 3.8) is 0 Å². The first-order valence-electron chi connectivity index (χ1n) is 6.38. The third kappa shape index (κ3) is 2.07. The fourth-order valence-electron chi connectivity index (χ4n) is 2.58. The molecule has 17 heavy (non-hydrogen) atoms. The first kappa shape index (κ1) is 10.8. The van der Waals surface area contributed by atoms with Gasteiger partial charge in [-0.3, -0.25) is 4.68 Å². The summed E-state index contributed by atoms with van der Waals surface area (Å²) < 4.78 is 7.88. The quantitative estimate of drug-likeness (QED) is 0.793. The molecule has 1 aromatic carbocycles. The fourth-order valence-corrected chi connectivity index (χ4v) is 2.58. The van der Waals surface area contributed by atoms with Crippen LogP contribution in [0.25, 0.3) is 10.9 Å². The number of aryl methyl sites for hydroxylation is 1. The molecule has 1 aliphatic heterocycles. The van der Waals surface area contributed by atoms with Crippen molar-refractivity contribution in [1.82, 2.24) is 9.78 Å². The molecule has 1 aromatic heterocycles. The van der Waals surface area contributed by atoms with E-state index < -0.39 is 0 Å². The van der Waals surface area contributed by atoms with Crippen LogP contribution < -0.4 is 0 Å². The lowest BCUT2D eigenvalue weighted by molar-refractivity contribution is 0.00470. The predicted molar refractivity (Wildman–Crippen MR) is 68.1 cm³/mol. The lowest BCUT2D eigenvalue weighted by Crippen LogP contribution is -2.24. The SMILES string of the molecule is Cc1nn(CC2CCCCO2)c2ccccc12. The lowest BCUT2D eigenvalue weighted by Gasteiger charge is -2.22. The highest BCUT2D eigenvalue weighted by Gasteiger charge is 2.16. The molecule has 0 radical (unpaired) electrons. The van der Waals surface area contributed by atoms with Gasteiger partial charge in [0.1, 0.15) is 0 Å². The Kier molecular flexibility index (Phi) is 2.85. The van der Waals surface area contributed by atoms with Gasteiger partial charge in [-0.25, -0.2) is 0 Å². The monoisotopic (exact) mass is 230 g/mol. The summed E-state index contributed by atoms with van der Waals surface area (Å²) in [6.07, 6.45) is 3.98. The summed E-state index contributed by atoms with van der Waals surface area (Å²) in [5.41, 5.74) is 2.33. The van der Waals surface area contributed by atoms with Crippen LogP contribution in [-0.2, 0) is 11.3 Å². The number of para-hydroxylation sites is 1. The van der Waals surface area contributed by atoms with Crippen molar-refractivity contribution in [3.8, 4) is 0 Å². The summed E-state index contributed by atoms with van der Waals surface area (Å²) >= 11 is 0. The summed E-state index contributed by atoms with van der Waals surface area (Å²) in [5, 5.41) is 5.87. The molecule has 1 aliphatic rings. The molecule has 0 amide bonds. The lowest BCUT2D eigenvalue weighted by atomic mass is 10.1. The Morgan fingerprint density at radius 3 is 3.06 bits per heavy atom. The number of nitrogens with zero attached hydrogens (tertiary/aromatic N) is 2. The van der Waals surface area contributed by atoms with E-state index >= 15 is 0 Å². The van der Waals surface area contributed by atoms with Crippen molar-refractivity contribution in [2.75, 3.05) is 6.61 Å². The second-order valence-corrected chi connectivity index (χ2v) is 4.77. The van der Waals surface area contributed by atoms with Crippen molar-refractivity contribution in [1.29, 1.82) is 0 Å². The van der Waals surface area contributed by atoms with Gasteiger partial charge in [0.2, 0.25) is 0 Å². The molecule has 0 N–H and O–H groups in total. The molecule has 3 heteroatoms. The molecule has 3 rings (SSSR count). The zero-order chi connectivity index (χ0) is 11.7. The molecule has 2 heterocycles. The number of aromatic nitrogens is 2. The molecule has 90 valence electrons. The van der Waals surface area contributed by atoms with Crippen molar-refractivity contribution in [3.05, 3.63) is 30.0 Å². The largest absolute Gasteiger partial charge is 0.376 e. The van der Waals surface area contributed by atoms with Crippen molar-refractivity contribution in [2.24, 2.45) is 0 Å². The number of ether oxygens (including phenoxy) is 1. The highest BCUT2D eigenvalue weighted by Crippen LogP contribution is 2.20. The smallest absolute Gasteiger partial charge is 0.0771 e. The molecule has 1 saturated heterocycles. The predicted octanol–water partition coefficient (Wildman–Crippen LogP) is 2.91. The Balaban J connectivity index is 1.89.